The van der Waals surface area contributed by atoms with Crippen LogP contribution < -0.4 is 0 Å². The molecule has 6 heteroatoms. The predicted molar refractivity (Wildman–Crippen MR) is 75.4 cm³/mol. The molecular formula is C13H23N3O2S. The number of aromatic amines is 1. The molecule has 1 fully saturated rings. The van der Waals surface area contributed by atoms with Crippen LogP contribution in [0.15, 0.2) is 6.20 Å². The Morgan fingerprint density at radius 2 is 2.32 bits per heavy atom. The summed E-state index contributed by atoms with van der Waals surface area (Å²) in [5.41, 5.74) is 2.30. The normalized spacial score (nSPS) is 21.7. The molecule has 1 atom stereocenters. The Morgan fingerprint density at radius 3 is 2.95 bits per heavy atom. The van der Waals surface area contributed by atoms with Crippen LogP contribution in [0.25, 0.3) is 0 Å². The van der Waals surface area contributed by atoms with Crippen molar-refractivity contribution in [2.24, 2.45) is 5.92 Å². The summed E-state index contributed by atoms with van der Waals surface area (Å²) in [5.74, 6) is 0.669. The van der Waals surface area contributed by atoms with Gasteiger partial charge in [0.1, 0.15) is 0 Å². The Hall–Kier alpha value is -0.880. The largest absolute Gasteiger partial charge is 0.282 e. The molecule has 1 N–H and O–H groups in total. The minimum absolute atomic E-state index is 0.267. The fourth-order valence-electron chi connectivity index (χ4n) is 2.70. The summed E-state index contributed by atoms with van der Waals surface area (Å²) < 4.78 is 25.9. The average Bonchev–Trinajstić information content (AvgIpc) is 2.75. The van der Waals surface area contributed by atoms with Gasteiger partial charge in [-0.05, 0) is 44.1 Å². The quantitative estimate of drug-likeness (QED) is 0.895. The van der Waals surface area contributed by atoms with Crippen molar-refractivity contribution in [2.75, 3.05) is 18.8 Å². The van der Waals surface area contributed by atoms with Crippen LogP contribution in [0.2, 0.25) is 0 Å². The van der Waals surface area contributed by atoms with E-state index in [1.165, 1.54) is 0 Å². The van der Waals surface area contributed by atoms with E-state index >= 15 is 0 Å². The van der Waals surface area contributed by atoms with Gasteiger partial charge in [0.25, 0.3) is 0 Å². The van der Waals surface area contributed by atoms with E-state index in [4.69, 9.17) is 0 Å². The van der Waals surface area contributed by atoms with Crippen molar-refractivity contribution >= 4 is 10.0 Å². The third-order valence-corrected chi connectivity index (χ3v) is 5.81. The fourth-order valence-corrected chi connectivity index (χ4v) is 4.32. The van der Waals surface area contributed by atoms with E-state index in [1.54, 1.807) is 4.31 Å². The van der Waals surface area contributed by atoms with Gasteiger partial charge in [0.2, 0.25) is 10.0 Å². The molecule has 1 saturated heterocycles. The second-order valence-electron chi connectivity index (χ2n) is 5.42. The first-order valence-electron chi connectivity index (χ1n) is 6.99. The van der Waals surface area contributed by atoms with E-state index in [9.17, 15) is 8.42 Å². The zero-order valence-electron chi connectivity index (χ0n) is 11.7. The van der Waals surface area contributed by atoms with Crippen molar-refractivity contribution in [3.05, 3.63) is 17.5 Å². The third-order valence-electron chi connectivity index (χ3n) is 3.76. The number of aromatic nitrogens is 2. The second-order valence-corrected chi connectivity index (χ2v) is 7.51. The summed E-state index contributed by atoms with van der Waals surface area (Å²) in [4.78, 5) is 0. The van der Waals surface area contributed by atoms with Crippen molar-refractivity contribution < 1.29 is 8.42 Å². The maximum absolute atomic E-state index is 12.1. The molecule has 108 valence electrons. The van der Waals surface area contributed by atoms with Crippen molar-refractivity contribution in [1.82, 2.24) is 14.5 Å². The summed E-state index contributed by atoms with van der Waals surface area (Å²) in [6.45, 7) is 5.28. The molecule has 19 heavy (non-hydrogen) atoms. The molecule has 5 nitrogen and oxygen atoms in total. The number of hydrogen-bond donors (Lipinski definition) is 1. The summed E-state index contributed by atoms with van der Waals surface area (Å²) in [5, 5.41) is 7.04. The summed E-state index contributed by atoms with van der Waals surface area (Å²) >= 11 is 0. The zero-order valence-corrected chi connectivity index (χ0v) is 12.5. The molecule has 0 radical (unpaired) electrons. The lowest BCUT2D eigenvalue weighted by Gasteiger charge is -2.31. The third kappa shape index (κ3) is 3.57. The molecular weight excluding hydrogens is 262 g/mol. The van der Waals surface area contributed by atoms with Crippen LogP contribution in [-0.2, 0) is 16.4 Å². The predicted octanol–water partition coefficient (Wildman–Crippen LogP) is 1.71. The molecule has 0 saturated carbocycles. The number of nitrogens with one attached hydrogen (secondary N) is 1. The van der Waals surface area contributed by atoms with Crippen molar-refractivity contribution in [3.63, 3.8) is 0 Å². The maximum Gasteiger partial charge on any atom is 0.214 e. The van der Waals surface area contributed by atoms with Gasteiger partial charge >= 0.3 is 0 Å². The highest BCUT2D eigenvalue weighted by atomic mass is 32.2. The van der Waals surface area contributed by atoms with Crippen LogP contribution in [-0.4, -0.2) is 41.8 Å². The lowest BCUT2D eigenvalue weighted by Crippen LogP contribution is -2.41. The monoisotopic (exact) mass is 285 g/mol. The van der Waals surface area contributed by atoms with E-state index in [0.717, 1.165) is 30.5 Å². The van der Waals surface area contributed by atoms with Gasteiger partial charge in [0.05, 0.1) is 11.9 Å². The van der Waals surface area contributed by atoms with E-state index in [0.29, 0.717) is 25.4 Å². The van der Waals surface area contributed by atoms with Crippen LogP contribution in [0.4, 0.5) is 0 Å². The van der Waals surface area contributed by atoms with E-state index in [-0.39, 0.29) is 5.75 Å². The first kappa shape index (κ1) is 14.5. The molecule has 0 aromatic carbocycles. The Balaban J connectivity index is 2.00. The molecule has 0 aliphatic carbocycles. The number of H-pyrrole nitrogens is 1. The number of sulfonamides is 1. The molecule has 1 aromatic rings. The highest BCUT2D eigenvalue weighted by Crippen LogP contribution is 2.23. The van der Waals surface area contributed by atoms with Gasteiger partial charge in [-0.1, -0.05) is 6.92 Å². The first-order valence-corrected chi connectivity index (χ1v) is 8.60. The summed E-state index contributed by atoms with van der Waals surface area (Å²) in [6, 6.07) is 0. The molecule has 0 unspecified atom stereocenters. The molecule has 1 aliphatic heterocycles. The van der Waals surface area contributed by atoms with Crippen molar-refractivity contribution in [1.29, 1.82) is 0 Å². The lowest BCUT2D eigenvalue weighted by molar-refractivity contribution is 0.264. The highest BCUT2D eigenvalue weighted by Gasteiger charge is 2.28. The second kappa shape index (κ2) is 6.05. The minimum atomic E-state index is -3.05. The molecule has 1 aliphatic rings. The molecule has 1 aromatic heterocycles. The smallest absolute Gasteiger partial charge is 0.214 e. The highest BCUT2D eigenvalue weighted by molar-refractivity contribution is 7.89. The number of aryl methyl sites for hydroxylation is 1. The number of rotatable bonds is 5. The molecule has 2 rings (SSSR count). The Morgan fingerprint density at radius 1 is 1.53 bits per heavy atom. The van der Waals surface area contributed by atoms with Crippen molar-refractivity contribution in [2.45, 2.75) is 39.5 Å². The van der Waals surface area contributed by atoms with Gasteiger partial charge < -0.3 is 0 Å². The van der Waals surface area contributed by atoms with Gasteiger partial charge in [-0.15, -0.1) is 0 Å². The van der Waals surface area contributed by atoms with Crippen LogP contribution in [0, 0.1) is 12.8 Å². The number of hydrogen-bond acceptors (Lipinski definition) is 3. The first-order chi connectivity index (χ1) is 9.03. The Labute approximate surface area is 115 Å². The summed E-state index contributed by atoms with van der Waals surface area (Å²) in [7, 11) is -3.05. The molecule has 0 spiro atoms. The number of nitrogens with zero attached hydrogens (tertiary/aromatic N) is 2. The maximum atomic E-state index is 12.1. The topological polar surface area (TPSA) is 66.1 Å². The van der Waals surface area contributed by atoms with E-state index in [2.05, 4.69) is 10.2 Å². The van der Waals surface area contributed by atoms with Gasteiger partial charge in [-0.3, -0.25) is 5.10 Å². The summed E-state index contributed by atoms with van der Waals surface area (Å²) in [6.07, 6.45) is 5.45. The van der Waals surface area contributed by atoms with Crippen LogP contribution in [0.3, 0.4) is 0 Å². The number of piperidine rings is 1. The SMILES string of the molecule is CCCS(=O)(=O)N1CCC[C@@H](Cc2[nH]ncc2C)C1. The van der Waals surface area contributed by atoms with Crippen LogP contribution >= 0.6 is 0 Å². The molecule has 2 heterocycles. The van der Waals surface area contributed by atoms with Crippen LogP contribution in [0.1, 0.15) is 37.4 Å². The van der Waals surface area contributed by atoms with Gasteiger partial charge in [-0.2, -0.15) is 5.10 Å². The van der Waals surface area contributed by atoms with Crippen molar-refractivity contribution in [3.8, 4) is 0 Å². The minimum Gasteiger partial charge on any atom is -0.282 e. The molecule has 0 bridgehead atoms. The standard InChI is InChI=1S/C13H23N3O2S/c1-3-7-19(17,18)16-6-4-5-12(10-16)8-13-11(2)9-14-15-13/h9,12H,3-8,10H2,1-2H3,(H,14,15)/t12-/m0/s1. The Kier molecular flexibility index (Phi) is 4.62. The van der Waals surface area contributed by atoms with E-state index in [1.807, 2.05) is 20.0 Å². The van der Waals surface area contributed by atoms with Gasteiger partial charge in [0, 0.05) is 18.8 Å². The fraction of sp³-hybridized carbons (Fsp3) is 0.769. The zero-order chi connectivity index (χ0) is 13.9. The average molecular weight is 285 g/mol. The Bertz CT molecular complexity index is 510. The molecule has 0 amide bonds. The van der Waals surface area contributed by atoms with Gasteiger partial charge in [-0.25, -0.2) is 12.7 Å². The van der Waals surface area contributed by atoms with E-state index < -0.39 is 10.0 Å². The lowest BCUT2D eigenvalue weighted by atomic mass is 9.94. The van der Waals surface area contributed by atoms with Crippen LogP contribution in [0.5, 0.6) is 0 Å². The van der Waals surface area contributed by atoms with Gasteiger partial charge in [0.15, 0.2) is 0 Å².